The van der Waals surface area contributed by atoms with Gasteiger partial charge in [0.25, 0.3) is 0 Å². The van der Waals surface area contributed by atoms with E-state index in [1.807, 2.05) is 18.7 Å². The van der Waals surface area contributed by atoms with Crippen LogP contribution in [0, 0.1) is 11.8 Å². The van der Waals surface area contributed by atoms with Gasteiger partial charge in [-0.2, -0.15) is 0 Å². The molecule has 1 N–H and O–H groups in total. The van der Waals surface area contributed by atoms with Crippen molar-refractivity contribution >= 4 is 11.8 Å². The molecule has 0 bridgehead atoms. The predicted molar refractivity (Wildman–Crippen MR) is 69.9 cm³/mol. The molecule has 0 aromatic carbocycles. The van der Waals surface area contributed by atoms with Gasteiger partial charge in [0.05, 0.1) is 0 Å². The number of nitrogens with one attached hydrogen (secondary N) is 1. The molecule has 1 atom stereocenters. The second-order valence-corrected chi connectivity index (χ2v) is 6.56. The fourth-order valence-electron chi connectivity index (χ4n) is 2.87. The summed E-state index contributed by atoms with van der Waals surface area (Å²) in [6, 6.07) is -0.300. The van der Waals surface area contributed by atoms with Crippen LogP contribution in [0.4, 0.5) is 0 Å². The zero-order valence-electron chi connectivity index (χ0n) is 11.8. The molecule has 1 heterocycles. The molecule has 2 rings (SSSR count). The van der Waals surface area contributed by atoms with Gasteiger partial charge in [-0.1, -0.05) is 20.3 Å². The Morgan fingerprint density at radius 1 is 1.33 bits per heavy atom. The summed E-state index contributed by atoms with van der Waals surface area (Å²) in [7, 11) is 0. The molecule has 18 heavy (non-hydrogen) atoms. The van der Waals surface area contributed by atoms with Crippen LogP contribution in [-0.4, -0.2) is 34.8 Å². The molecule has 102 valence electrons. The molecule has 1 saturated carbocycles. The first-order chi connectivity index (χ1) is 8.33. The van der Waals surface area contributed by atoms with E-state index < -0.39 is 5.54 Å². The van der Waals surface area contributed by atoms with Crippen LogP contribution in [0.1, 0.15) is 47.0 Å². The molecule has 2 fully saturated rings. The summed E-state index contributed by atoms with van der Waals surface area (Å²) in [5.41, 5.74) is -0.758. The third-order valence-corrected chi connectivity index (χ3v) is 4.15. The Labute approximate surface area is 109 Å². The first-order valence-corrected chi connectivity index (χ1v) is 6.96. The third-order valence-electron chi connectivity index (χ3n) is 4.15. The fraction of sp³-hybridized carbons (Fsp3) is 0.857. The predicted octanol–water partition coefficient (Wildman–Crippen LogP) is 1.55. The van der Waals surface area contributed by atoms with E-state index in [1.54, 1.807) is 13.8 Å². The second kappa shape index (κ2) is 4.56. The fourth-order valence-corrected chi connectivity index (χ4v) is 2.87. The topological polar surface area (TPSA) is 49.4 Å². The van der Waals surface area contributed by atoms with Crippen molar-refractivity contribution in [3.05, 3.63) is 0 Å². The zero-order valence-corrected chi connectivity index (χ0v) is 11.8. The molecule has 0 aromatic heterocycles. The van der Waals surface area contributed by atoms with Crippen molar-refractivity contribution in [2.45, 2.75) is 58.5 Å². The number of carbonyl (C=O) groups is 2. The molecule has 0 spiro atoms. The summed E-state index contributed by atoms with van der Waals surface area (Å²) >= 11 is 0. The Bertz CT molecular complexity index is 359. The average molecular weight is 252 g/mol. The molecule has 0 radical (unpaired) electrons. The molecule has 1 saturated heterocycles. The van der Waals surface area contributed by atoms with Gasteiger partial charge < -0.3 is 10.2 Å². The van der Waals surface area contributed by atoms with Crippen molar-refractivity contribution in [1.82, 2.24) is 10.2 Å². The lowest BCUT2D eigenvalue weighted by molar-refractivity contribution is -0.156. The van der Waals surface area contributed by atoms with Gasteiger partial charge in [-0.3, -0.25) is 9.59 Å². The van der Waals surface area contributed by atoms with Crippen LogP contribution in [0.2, 0.25) is 0 Å². The summed E-state index contributed by atoms with van der Waals surface area (Å²) in [4.78, 5) is 26.5. The highest BCUT2D eigenvalue weighted by Crippen LogP contribution is 2.31. The van der Waals surface area contributed by atoms with Crippen molar-refractivity contribution in [3.8, 4) is 0 Å². The van der Waals surface area contributed by atoms with Crippen LogP contribution >= 0.6 is 0 Å². The van der Waals surface area contributed by atoms with Crippen LogP contribution in [0.25, 0.3) is 0 Å². The molecule has 2 amide bonds. The van der Waals surface area contributed by atoms with E-state index in [2.05, 4.69) is 5.32 Å². The first kappa shape index (κ1) is 13.4. The number of carbonyl (C=O) groups excluding carboxylic acids is 2. The van der Waals surface area contributed by atoms with Gasteiger partial charge in [0.1, 0.15) is 11.6 Å². The van der Waals surface area contributed by atoms with Gasteiger partial charge in [-0.05, 0) is 38.5 Å². The quantitative estimate of drug-likeness (QED) is 0.828. The second-order valence-electron chi connectivity index (χ2n) is 6.56. The summed E-state index contributed by atoms with van der Waals surface area (Å²) in [6.07, 6.45) is 3.64. The lowest BCUT2D eigenvalue weighted by atomic mass is 9.83. The maximum atomic E-state index is 12.5. The minimum absolute atomic E-state index is 0.00563. The van der Waals surface area contributed by atoms with E-state index in [9.17, 15) is 9.59 Å². The van der Waals surface area contributed by atoms with Gasteiger partial charge in [0, 0.05) is 6.54 Å². The van der Waals surface area contributed by atoms with Crippen molar-refractivity contribution in [1.29, 1.82) is 0 Å². The molecule has 1 unspecified atom stereocenters. The summed E-state index contributed by atoms with van der Waals surface area (Å²) in [5, 5.41) is 2.85. The molecule has 1 aliphatic heterocycles. The molecule has 4 heteroatoms. The number of hydrogen-bond acceptors (Lipinski definition) is 2. The zero-order chi connectivity index (χ0) is 13.5. The SMILES string of the molecule is CC(C)C1C(=O)NC(C)(C)C(=O)N1CC1CCC1. The van der Waals surface area contributed by atoms with Gasteiger partial charge in [0.15, 0.2) is 0 Å². The Hall–Kier alpha value is -1.06. The minimum Gasteiger partial charge on any atom is -0.340 e. The lowest BCUT2D eigenvalue weighted by Gasteiger charge is -2.46. The maximum Gasteiger partial charge on any atom is 0.248 e. The number of hydrogen-bond donors (Lipinski definition) is 1. The minimum atomic E-state index is -0.758. The molecular formula is C14H24N2O2. The highest BCUT2D eigenvalue weighted by Gasteiger charge is 2.46. The van der Waals surface area contributed by atoms with E-state index in [0.29, 0.717) is 5.92 Å². The number of nitrogens with zero attached hydrogens (tertiary/aromatic N) is 1. The van der Waals surface area contributed by atoms with E-state index in [1.165, 1.54) is 19.3 Å². The van der Waals surface area contributed by atoms with Gasteiger partial charge in [-0.25, -0.2) is 0 Å². The van der Waals surface area contributed by atoms with Gasteiger partial charge in [-0.15, -0.1) is 0 Å². The Morgan fingerprint density at radius 2 is 1.94 bits per heavy atom. The van der Waals surface area contributed by atoms with E-state index in [0.717, 1.165) is 6.54 Å². The van der Waals surface area contributed by atoms with E-state index >= 15 is 0 Å². The van der Waals surface area contributed by atoms with Crippen LogP contribution in [0.3, 0.4) is 0 Å². The maximum absolute atomic E-state index is 12.5. The van der Waals surface area contributed by atoms with Crippen molar-refractivity contribution in [2.24, 2.45) is 11.8 Å². The number of piperazine rings is 1. The normalized spacial score (nSPS) is 28.3. The Balaban J connectivity index is 2.21. The third kappa shape index (κ3) is 2.25. The molecule has 2 aliphatic rings. The van der Waals surface area contributed by atoms with Crippen molar-refractivity contribution in [2.75, 3.05) is 6.54 Å². The monoisotopic (exact) mass is 252 g/mol. The Morgan fingerprint density at radius 3 is 2.39 bits per heavy atom. The highest BCUT2D eigenvalue weighted by molar-refractivity contribution is 5.99. The molecule has 1 aliphatic carbocycles. The van der Waals surface area contributed by atoms with Crippen molar-refractivity contribution in [3.63, 3.8) is 0 Å². The van der Waals surface area contributed by atoms with Gasteiger partial charge >= 0.3 is 0 Å². The van der Waals surface area contributed by atoms with E-state index in [4.69, 9.17) is 0 Å². The summed E-state index contributed by atoms with van der Waals surface area (Å²) in [5.74, 6) is 0.809. The number of rotatable bonds is 3. The number of amides is 2. The Kier molecular flexibility index (Phi) is 3.39. The largest absolute Gasteiger partial charge is 0.340 e. The molecule has 4 nitrogen and oxygen atoms in total. The molecular weight excluding hydrogens is 228 g/mol. The van der Waals surface area contributed by atoms with Crippen LogP contribution in [-0.2, 0) is 9.59 Å². The molecule has 0 aromatic rings. The average Bonchev–Trinajstić information content (AvgIpc) is 2.16. The van der Waals surface area contributed by atoms with Crippen LogP contribution in [0.5, 0.6) is 0 Å². The van der Waals surface area contributed by atoms with Crippen LogP contribution < -0.4 is 5.32 Å². The summed E-state index contributed by atoms with van der Waals surface area (Å²) in [6.45, 7) is 8.33. The summed E-state index contributed by atoms with van der Waals surface area (Å²) < 4.78 is 0. The lowest BCUT2D eigenvalue weighted by Crippen LogP contribution is -2.69. The van der Waals surface area contributed by atoms with Crippen LogP contribution in [0.15, 0.2) is 0 Å². The van der Waals surface area contributed by atoms with E-state index in [-0.39, 0.29) is 23.8 Å². The van der Waals surface area contributed by atoms with Gasteiger partial charge in [0.2, 0.25) is 11.8 Å². The first-order valence-electron chi connectivity index (χ1n) is 6.96. The smallest absolute Gasteiger partial charge is 0.248 e. The standard InChI is InChI=1S/C14H24N2O2/c1-9(2)11-12(17)15-14(3,4)13(18)16(11)8-10-6-5-7-10/h9-11H,5-8H2,1-4H3,(H,15,17). The highest BCUT2D eigenvalue weighted by atomic mass is 16.2. The van der Waals surface area contributed by atoms with Crippen molar-refractivity contribution < 1.29 is 9.59 Å².